The predicted octanol–water partition coefficient (Wildman–Crippen LogP) is 5.27. The van der Waals surface area contributed by atoms with Crippen LogP contribution in [0.15, 0.2) is 59.1 Å². The van der Waals surface area contributed by atoms with Crippen LogP contribution in [0.5, 0.6) is 0 Å². The fourth-order valence-corrected chi connectivity index (χ4v) is 2.42. The molecular weight excluding hydrogens is 312 g/mol. The van der Waals surface area contributed by atoms with Crippen LogP contribution in [-0.2, 0) is 6.54 Å². The molecule has 2 rings (SSSR count). The van der Waals surface area contributed by atoms with Gasteiger partial charge >= 0.3 is 0 Å². The largest absolute Gasteiger partial charge is 0.367 e. The Hall–Kier alpha value is -1.32. The van der Waals surface area contributed by atoms with E-state index in [1.807, 2.05) is 0 Å². The molecule has 0 aliphatic heterocycles. The van der Waals surface area contributed by atoms with Gasteiger partial charge in [-0.1, -0.05) is 60.1 Å². The molecule has 0 heterocycles. The van der Waals surface area contributed by atoms with Gasteiger partial charge in [0.05, 0.1) is 0 Å². The Morgan fingerprint density at radius 3 is 2.10 bits per heavy atom. The number of anilines is 1. The molecule has 20 heavy (non-hydrogen) atoms. The number of benzene rings is 2. The standard InChI is InChI=1S/C17H20BrN.H3N/c1-14(2)12-19(13-15-6-4-3-5-7-15)17-10-8-16(18)9-11-17;/h3-11,14H,12-13H2,1-2H3;1H3. The van der Waals surface area contributed by atoms with Gasteiger partial charge in [0.25, 0.3) is 0 Å². The fourth-order valence-electron chi connectivity index (χ4n) is 2.16. The maximum Gasteiger partial charge on any atom is 0.0429 e. The van der Waals surface area contributed by atoms with E-state index in [-0.39, 0.29) is 6.15 Å². The summed E-state index contributed by atoms with van der Waals surface area (Å²) in [5, 5.41) is 0. The van der Waals surface area contributed by atoms with Gasteiger partial charge in [-0.25, -0.2) is 0 Å². The average Bonchev–Trinajstić information content (AvgIpc) is 2.39. The number of rotatable bonds is 5. The molecule has 2 aromatic rings. The first-order chi connectivity index (χ1) is 9.15. The zero-order valence-corrected chi connectivity index (χ0v) is 13.8. The molecule has 3 heteroatoms. The minimum Gasteiger partial charge on any atom is -0.367 e. The first-order valence-corrected chi connectivity index (χ1v) is 7.49. The Kier molecular flexibility index (Phi) is 6.76. The molecule has 0 fully saturated rings. The summed E-state index contributed by atoms with van der Waals surface area (Å²) in [6.45, 7) is 6.55. The molecule has 0 bridgehead atoms. The van der Waals surface area contributed by atoms with Crippen LogP contribution in [0.3, 0.4) is 0 Å². The van der Waals surface area contributed by atoms with E-state index in [2.05, 4.69) is 89.3 Å². The number of hydrogen-bond acceptors (Lipinski definition) is 2. The summed E-state index contributed by atoms with van der Waals surface area (Å²) in [5.74, 6) is 0.646. The SMILES string of the molecule is CC(C)CN(Cc1ccccc1)c1ccc(Br)cc1.N. The first kappa shape index (κ1) is 16.7. The van der Waals surface area contributed by atoms with Gasteiger partial charge < -0.3 is 11.1 Å². The highest BCUT2D eigenvalue weighted by Crippen LogP contribution is 2.21. The Labute approximate surface area is 130 Å². The molecule has 0 saturated heterocycles. The highest BCUT2D eigenvalue weighted by Gasteiger charge is 2.09. The predicted molar refractivity (Wildman–Crippen MR) is 91.5 cm³/mol. The molecule has 0 amide bonds. The summed E-state index contributed by atoms with van der Waals surface area (Å²) < 4.78 is 1.13. The normalized spacial score (nSPS) is 10.2. The van der Waals surface area contributed by atoms with Gasteiger partial charge in [0, 0.05) is 23.2 Å². The number of halogens is 1. The van der Waals surface area contributed by atoms with Crippen molar-refractivity contribution in [3.8, 4) is 0 Å². The maximum atomic E-state index is 3.49. The molecule has 0 unspecified atom stereocenters. The van der Waals surface area contributed by atoms with Crippen LogP contribution in [0.4, 0.5) is 5.69 Å². The van der Waals surface area contributed by atoms with Crippen molar-refractivity contribution in [2.75, 3.05) is 11.4 Å². The van der Waals surface area contributed by atoms with Crippen LogP contribution in [0.2, 0.25) is 0 Å². The van der Waals surface area contributed by atoms with E-state index in [9.17, 15) is 0 Å². The first-order valence-electron chi connectivity index (χ1n) is 6.69. The van der Waals surface area contributed by atoms with E-state index in [1.54, 1.807) is 0 Å². The third-order valence-electron chi connectivity index (χ3n) is 2.99. The van der Waals surface area contributed by atoms with Crippen molar-refractivity contribution in [1.29, 1.82) is 0 Å². The quantitative estimate of drug-likeness (QED) is 0.808. The lowest BCUT2D eigenvalue weighted by atomic mass is 10.1. The summed E-state index contributed by atoms with van der Waals surface area (Å²) in [6.07, 6.45) is 0. The van der Waals surface area contributed by atoms with E-state index >= 15 is 0 Å². The van der Waals surface area contributed by atoms with Crippen LogP contribution in [0, 0.1) is 5.92 Å². The van der Waals surface area contributed by atoms with Crippen LogP contribution in [0.1, 0.15) is 19.4 Å². The second kappa shape index (κ2) is 8.08. The van der Waals surface area contributed by atoms with Crippen molar-refractivity contribution in [3.05, 3.63) is 64.6 Å². The molecule has 0 aliphatic rings. The zero-order chi connectivity index (χ0) is 13.7. The van der Waals surface area contributed by atoms with Crippen LogP contribution in [0.25, 0.3) is 0 Å². The molecule has 0 aromatic heterocycles. The van der Waals surface area contributed by atoms with Crippen molar-refractivity contribution in [3.63, 3.8) is 0 Å². The van der Waals surface area contributed by atoms with Gasteiger partial charge in [-0.15, -0.1) is 0 Å². The van der Waals surface area contributed by atoms with Gasteiger partial charge in [-0.3, -0.25) is 0 Å². The molecule has 0 atom stereocenters. The Bertz CT molecular complexity index is 494. The highest BCUT2D eigenvalue weighted by atomic mass is 79.9. The van der Waals surface area contributed by atoms with Gasteiger partial charge in [-0.2, -0.15) is 0 Å². The third kappa shape index (κ3) is 4.99. The van der Waals surface area contributed by atoms with Gasteiger partial charge in [0.15, 0.2) is 0 Å². The molecule has 2 nitrogen and oxygen atoms in total. The molecule has 0 saturated carbocycles. The molecule has 2 aromatic carbocycles. The lowest BCUT2D eigenvalue weighted by molar-refractivity contribution is 0.609. The monoisotopic (exact) mass is 334 g/mol. The Morgan fingerprint density at radius 2 is 1.55 bits per heavy atom. The fraction of sp³-hybridized carbons (Fsp3) is 0.294. The van der Waals surface area contributed by atoms with E-state index in [4.69, 9.17) is 0 Å². The van der Waals surface area contributed by atoms with Crippen LogP contribution in [-0.4, -0.2) is 6.54 Å². The van der Waals surface area contributed by atoms with Gasteiger partial charge in [-0.05, 0) is 35.7 Å². The lowest BCUT2D eigenvalue weighted by Crippen LogP contribution is -2.27. The van der Waals surface area contributed by atoms with Crippen molar-refractivity contribution in [2.24, 2.45) is 5.92 Å². The molecule has 3 N–H and O–H groups in total. The van der Waals surface area contributed by atoms with Crippen molar-refractivity contribution in [2.45, 2.75) is 20.4 Å². The molecular formula is C17H23BrN2. The third-order valence-corrected chi connectivity index (χ3v) is 3.52. The lowest BCUT2D eigenvalue weighted by Gasteiger charge is -2.27. The van der Waals surface area contributed by atoms with Crippen LogP contribution < -0.4 is 11.1 Å². The number of hydrogen-bond donors (Lipinski definition) is 1. The minimum absolute atomic E-state index is 0. The second-order valence-corrected chi connectivity index (χ2v) is 6.15. The molecule has 0 aliphatic carbocycles. The summed E-state index contributed by atoms with van der Waals surface area (Å²) in [4.78, 5) is 2.44. The van der Waals surface area contributed by atoms with E-state index < -0.39 is 0 Å². The van der Waals surface area contributed by atoms with E-state index in [0.29, 0.717) is 5.92 Å². The second-order valence-electron chi connectivity index (χ2n) is 5.24. The van der Waals surface area contributed by atoms with Crippen molar-refractivity contribution < 1.29 is 0 Å². The van der Waals surface area contributed by atoms with Crippen molar-refractivity contribution >= 4 is 21.6 Å². The smallest absolute Gasteiger partial charge is 0.0429 e. The topological polar surface area (TPSA) is 38.2 Å². The van der Waals surface area contributed by atoms with Gasteiger partial charge in [0.2, 0.25) is 0 Å². The zero-order valence-electron chi connectivity index (χ0n) is 12.2. The Morgan fingerprint density at radius 1 is 0.950 bits per heavy atom. The highest BCUT2D eigenvalue weighted by molar-refractivity contribution is 9.10. The Balaban J connectivity index is 0.00000200. The molecule has 0 spiro atoms. The summed E-state index contributed by atoms with van der Waals surface area (Å²) in [5.41, 5.74) is 2.63. The maximum absolute atomic E-state index is 3.49. The average molecular weight is 335 g/mol. The van der Waals surface area contributed by atoms with E-state index in [0.717, 1.165) is 17.6 Å². The minimum atomic E-state index is 0. The van der Waals surface area contributed by atoms with Crippen molar-refractivity contribution in [1.82, 2.24) is 6.15 Å². The summed E-state index contributed by atoms with van der Waals surface area (Å²) in [6, 6.07) is 19.2. The summed E-state index contributed by atoms with van der Waals surface area (Å²) >= 11 is 3.49. The molecule has 0 radical (unpaired) electrons. The number of nitrogens with zero attached hydrogens (tertiary/aromatic N) is 1. The molecule has 108 valence electrons. The summed E-state index contributed by atoms with van der Waals surface area (Å²) in [7, 11) is 0. The van der Waals surface area contributed by atoms with E-state index in [1.165, 1.54) is 11.3 Å². The van der Waals surface area contributed by atoms with Gasteiger partial charge in [0.1, 0.15) is 0 Å². The van der Waals surface area contributed by atoms with Crippen LogP contribution >= 0.6 is 15.9 Å².